The van der Waals surface area contributed by atoms with Gasteiger partial charge in [0.15, 0.2) is 0 Å². The van der Waals surface area contributed by atoms with Crippen LogP contribution in [0.3, 0.4) is 0 Å². The summed E-state index contributed by atoms with van der Waals surface area (Å²) in [6, 6.07) is 3.93. The standard InChI is InChI=1S/C12H19N3O.2ClH/c1-8-5-6-11(10(3)15-8)12(16)14-7-9(2)13-4;;/h5-6,9,13H,7H2,1-4H3,(H,14,16);2*1H. The van der Waals surface area contributed by atoms with Gasteiger partial charge in [0.2, 0.25) is 0 Å². The van der Waals surface area contributed by atoms with Gasteiger partial charge in [-0.25, -0.2) is 0 Å². The minimum absolute atomic E-state index is 0. The van der Waals surface area contributed by atoms with Crippen molar-refractivity contribution in [2.45, 2.75) is 26.8 Å². The number of rotatable bonds is 4. The van der Waals surface area contributed by atoms with Gasteiger partial charge in [0.25, 0.3) is 5.91 Å². The molecule has 4 nitrogen and oxygen atoms in total. The molecule has 0 spiro atoms. The van der Waals surface area contributed by atoms with Crippen molar-refractivity contribution in [3.05, 3.63) is 29.1 Å². The molecule has 2 N–H and O–H groups in total. The summed E-state index contributed by atoms with van der Waals surface area (Å²) >= 11 is 0. The lowest BCUT2D eigenvalue weighted by atomic mass is 10.1. The molecule has 0 aromatic carbocycles. The third-order valence-corrected chi connectivity index (χ3v) is 2.53. The largest absolute Gasteiger partial charge is 0.350 e. The Labute approximate surface area is 121 Å². The molecule has 1 heterocycles. The quantitative estimate of drug-likeness (QED) is 0.891. The highest BCUT2D eigenvalue weighted by Gasteiger charge is 2.10. The highest BCUT2D eigenvalue weighted by atomic mass is 35.5. The number of carbonyl (C=O) groups is 1. The van der Waals surface area contributed by atoms with Crippen molar-refractivity contribution < 1.29 is 4.79 Å². The van der Waals surface area contributed by atoms with E-state index in [2.05, 4.69) is 15.6 Å². The first-order valence-electron chi connectivity index (χ1n) is 5.44. The Bertz CT molecular complexity index is 386. The number of aryl methyl sites for hydroxylation is 2. The lowest BCUT2D eigenvalue weighted by Gasteiger charge is -2.12. The maximum absolute atomic E-state index is 11.8. The predicted octanol–water partition coefficient (Wildman–Crippen LogP) is 1.88. The number of aromatic nitrogens is 1. The van der Waals surface area contributed by atoms with E-state index in [1.54, 1.807) is 0 Å². The van der Waals surface area contributed by atoms with E-state index in [0.717, 1.165) is 11.4 Å². The number of halogens is 2. The van der Waals surface area contributed by atoms with Crippen LogP contribution < -0.4 is 10.6 Å². The predicted molar refractivity (Wildman–Crippen MR) is 79.1 cm³/mol. The van der Waals surface area contributed by atoms with Crippen molar-refractivity contribution in [1.29, 1.82) is 0 Å². The van der Waals surface area contributed by atoms with Gasteiger partial charge < -0.3 is 10.6 Å². The van der Waals surface area contributed by atoms with Gasteiger partial charge in [-0.05, 0) is 40.0 Å². The van der Waals surface area contributed by atoms with E-state index in [0.29, 0.717) is 12.1 Å². The summed E-state index contributed by atoms with van der Waals surface area (Å²) in [4.78, 5) is 16.1. The highest BCUT2D eigenvalue weighted by Crippen LogP contribution is 2.05. The molecule has 0 radical (unpaired) electrons. The van der Waals surface area contributed by atoms with E-state index in [1.807, 2.05) is 40.0 Å². The van der Waals surface area contributed by atoms with Gasteiger partial charge in [-0.1, -0.05) is 0 Å². The van der Waals surface area contributed by atoms with Crippen LogP contribution in [-0.2, 0) is 0 Å². The van der Waals surface area contributed by atoms with Crippen molar-refractivity contribution in [3.63, 3.8) is 0 Å². The zero-order chi connectivity index (χ0) is 12.1. The number of likely N-dealkylation sites (N-methyl/N-ethyl adjacent to an activating group) is 1. The molecule has 1 rings (SSSR count). The van der Waals surface area contributed by atoms with E-state index < -0.39 is 0 Å². The summed E-state index contributed by atoms with van der Waals surface area (Å²) in [5.41, 5.74) is 2.35. The molecule has 104 valence electrons. The summed E-state index contributed by atoms with van der Waals surface area (Å²) in [5, 5.41) is 5.93. The van der Waals surface area contributed by atoms with Crippen LogP contribution in [0, 0.1) is 13.8 Å². The van der Waals surface area contributed by atoms with Crippen molar-refractivity contribution in [3.8, 4) is 0 Å². The third-order valence-electron chi connectivity index (χ3n) is 2.53. The van der Waals surface area contributed by atoms with Gasteiger partial charge in [0.05, 0.1) is 11.3 Å². The number of amides is 1. The molecule has 0 aliphatic rings. The topological polar surface area (TPSA) is 54.0 Å². The van der Waals surface area contributed by atoms with Gasteiger partial charge >= 0.3 is 0 Å². The SMILES string of the molecule is CNC(C)CNC(=O)c1ccc(C)nc1C.Cl.Cl. The zero-order valence-electron chi connectivity index (χ0n) is 11.1. The van der Waals surface area contributed by atoms with Gasteiger partial charge in [-0.2, -0.15) is 0 Å². The molecular formula is C12H21Cl2N3O. The van der Waals surface area contributed by atoms with Crippen LogP contribution in [-0.4, -0.2) is 30.5 Å². The van der Waals surface area contributed by atoms with Crippen LogP contribution in [0.4, 0.5) is 0 Å². The molecule has 6 heteroatoms. The lowest BCUT2D eigenvalue weighted by Crippen LogP contribution is -2.37. The van der Waals surface area contributed by atoms with E-state index in [4.69, 9.17) is 0 Å². The molecule has 18 heavy (non-hydrogen) atoms. The van der Waals surface area contributed by atoms with Crippen LogP contribution in [0.25, 0.3) is 0 Å². The average molecular weight is 294 g/mol. The monoisotopic (exact) mass is 293 g/mol. The normalized spacial score (nSPS) is 10.9. The molecule has 1 amide bonds. The van der Waals surface area contributed by atoms with Gasteiger partial charge in [0.1, 0.15) is 0 Å². The molecule has 0 saturated heterocycles. The van der Waals surface area contributed by atoms with E-state index in [-0.39, 0.29) is 36.8 Å². The minimum Gasteiger partial charge on any atom is -0.350 e. The Kier molecular flexibility index (Phi) is 9.90. The van der Waals surface area contributed by atoms with Crippen LogP contribution in [0.5, 0.6) is 0 Å². The number of carbonyl (C=O) groups excluding carboxylic acids is 1. The smallest absolute Gasteiger partial charge is 0.253 e. The van der Waals surface area contributed by atoms with Gasteiger partial charge in [-0.3, -0.25) is 9.78 Å². The number of nitrogens with one attached hydrogen (secondary N) is 2. The van der Waals surface area contributed by atoms with E-state index >= 15 is 0 Å². The van der Waals surface area contributed by atoms with Crippen molar-refractivity contribution >= 4 is 30.7 Å². The second-order valence-corrected chi connectivity index (χ2v) is 3.99. The number of nitrogens with zero attached hydrogens (tertiary/aromatic N) is 1. The number of hydrogen-bond donors (Lipinski definition) is 2. The molecule has 1 aromatic heterocycles. The molecule has 0 aliphatic carbocycles. The fraction of sp³-hybridized carbons (Fsp3) is 0.500. The minimum atomic E-state index is -0.0629. The molecule has 0 bridgehead atoms. The first-order chi connectivity index (χ1) is 7.54. The fourth-order valence-corrected chi connectivity index (χ4v) is 1.37. The molecule has 1 atom stereocenters. The van der Waals surface area contributed by atoms with Gasteiger partial charge in [-0.15, -0.1) is 24.8 Å². The van der Waals surface area contributed by atoms with Gasteiger partial charge in [0, 0.05) is 18.3 Å². The van der Waals surface area contributed by atoms with Crippen LogP contribution in [0.2, 0.25) is 0 Å². The highest BCUT2D eigenvalue weighted by molar-refractivity contribution is 5.95. The Morgan fingerprint density at radius 3 is 2.44 bits per heavy atom. The Morgan fingerprint density at radius 1 is 1.33 bits per heavy atom. The molecule has 0 saturated carbocycles. The molecule has 0 fully saturated rings. The first-order valence-corrected chi connectivity index (χ1v) is 5.44. The Morgan fingerprint density at radius 2 is 1.94 bits per heavy atom. The van der Waals surface area contributed by atoms with Crippen molar-refractivity contribution in [2.24, 2.45) is 0 Å². The summed E-state index contributed by atoms with van der Waals surface area (Å²) in [7, 11) is 1.87. The summed E-state index contributed by atoms with van der Waals surface area (Å²) in [6.07, 6.45) is 0. The zero-order valence-corrected chi connectivity index (χ0v) is 12.7. The number of hydrogen-bond acceptors (Lipinski definition) is 3. The summed E-state index contributed by atoms with van der Waals surface area (Å²) in [5.74, 6) is -0.0629. The average Bonchev–Trinajstić information content (AvgIpc) is 2.25. The second-order valence-electron chi connectivity index (χ2n) is 3.99. The molecule has 1 aromatic rings. The van der Waals surface area contributed by atoms with Crippen LogP contribution in [0.1, 0.15) is 28.7 Å². The summed E-state index contributed by atoms with van der Waals surface area (Å²) < 4.78 is 0. The Balaban J connectivity index is 0. The molecule has 1 unspecified atom stereocenters. The Hall–Kier alpha value is -0.840. The third kappa shape index (κ3) is 5.67. The second kappa shape index (κ2) is 9.14. The molecular weight excluding hydrogens is 273 g/mol. The maximum Gasteiger partial charge on any atom is 0.253 e. The van der Waals surface area contributed by atoms with Crippen molar-refractivity contribution in [1.82, 2.24) is 15.6 Å². The lowest BCUT2D eigenvalue weighted by molar-refractivity contribution is 0.0949. The molecule has 0 aliphatic heterocycles. The van der Waals surface area contributed by atoms with E-state index in [1.165, 1.54) is 0 Å². The number of pyridine rings is 1. The fourth-order valence-electron chi connectivity index (χ4n) is 1.37. The first kappa shape index (κ1) is 19.5. The van der Waals surface area contributed by atoms with Crippen molar-refractivity contribution in [2.75, 3.05) is 13.6 Å². The summed E-state index contributed by atoms with van der Waals surface area (Å²) in [6.45, 7) is 6.39. The maximum atomic E-state index is 11.8. The van der Waals surface area contributed by atoms with Crippen LogP contribution in [0.15, 0.2) is 12.1 Å². The van der Waals surface area contributed by atoms with Crippen LogP contribution >= 0.6 is 24.8 Å². The van der Waals surface area contributed by atoms with E-state index in [9.17, 15) is 4.79 Å².